The van der Waals surface area contributed by atoms with E-state index >= 15 is 0 Å². The lowest BCUT2D eigenvalue weighted by Gasteiger charge is -2.11. The van der Waals surface area contributed by atoms with E-state index in [1.807, 2.05) is 25.1 Å². The van der Waals surface area contributed by atoms with Crippen LogP contribution in [0.5, 0.6) is 0 Å². The van der Waals surface area contributed by atoms with E-state index in [9.17, 15) is 0 Å². The zero-order valence-corrected chi connectivity index (χ0v) is 10.6. The Hall–Kier alpha value is -1.61. The van der Waals surface area contributed by atoms with E-state index in [0.29, 0.717) is 5.92 Å². The Balaban J connectivity index is 2.56. The number of nitrogens with one attached hydrogen (secondary N) is 1. The molecule has 0 amide bonds. The van der Waals surface area contributed by atoms with Crippen molar-refractivity contribution >= 4 is 0 Å². The van der Waals surface area contributed by atoms with Crippen molar-refractivity contribution < 1.29 is 0 Å². The first-order valence-corrected chi connectivity index (χ1v) is 6.00. The number of nitrogens with two attached hydrogens (primary N) is 1. The van der Waals surface area contributed by atoms with Crippen molar-refractivity contribution in [1.82, 2.24) is 10.2 Å². The smallest absolute Gasteiger partial charge is 0.0958 e. The van der Waals surface area contributed by atoms with Crippen LogP contribution in [0.3, 0.4) is 0 Å². The van der Waals surface area contributed by atoms with Gasteiger partial charge in [-0.05, 0) is 12.8 Å². The lowest BCUT2D eigenvalue weighted by Crippen LogP contribution is -2.09. The highest BCUT2D eigenvalue weighted by atomic mass is 15.1. The number of hydrogen-bond donors (Lipinski definition) is 2. The van der Waals surface area contributed by atoms with Gasteiger partial charge in [0.15, 0.2) is 0 Å². The number of hydrogen-bond acceptors (Lipinski definition) is 2. The summed E-state index contributed by atoms with van der Waals surface area (Å²) >= 11 is 0. The molecule has 0 saturated heterocycles. The van der Waals surface area contributed by atoms with Crippen LogP contribution in [0, 0.1) is 0 Å². The molecule has 1 unspecified atom stereocenters. The van der Waals surface area contributed by atoms with Gasteiger partial charge in [0.25, 0.3) is 0 Å². The van der Waals surface area contributed by atoms with E-state index < -0.39 is 0 Å². The molecule has 1 aromatic carbocycles. The van der Waals surface area contributed by atoms with E-state index in [1.165, 1.54) is 5.56 Å². The molecule has 0 aliphatic carbocycles. The Morgan fingerprint density at radius 2 is 1.76 bits per heavy atom. The van der Waals surface area contributed by atoms with Crippen molar-refractivity contribution in [2.75, 3.05) is 0 Å². The van der Waals surface area contributed by atoms with Gasteiger partial charge in [0.2, 0.25) is 0 Å². The zero-order valence-electron chi connectivity index (χ0n) is 10.6. The van der Waals surface area contributed by atoms with Crippen molar-refractivity contribution in [2.24, 2.45) is 5.73 Å². The lowest BCUT2D eigenvalue weighted by atomic mass is 9.94. The second-order valence-electron chi connectivity index (χ2n) is 4.71. The number of benzene rings is 1. The van der Waals surface area contributed by atoms with Crippen LogP contribution in [0.2, 0.25) is 0 Å². The maximum atomic E-state index is 5.97. The van der Waals surface area contributed by atoms with Gasteiger partial charge in [-0.2, -0.15) is 5.10 Å². The monoisotopic (exact) mass is 229 g/mol. The molecule has 1 atom stereocenters. The third kappa shape index (κ3) is 2.24. The normalized spacial score (nSPS) is 13.0. The van der Waals surface area contributed by atoms with Gasteiger partial charge in [-0.3, -0.25) is 5.10 Å². The number of aromatic nitrogens is 2. The fraction of sp³-hybridized carbons (Fsp3) is 0.357. The van der Waals surface area contributed by atoms with Gasteiger partial charge in [0, 0.05) is 17.2 Å². The first-order valence-electron chi connectivity index (χ1n) is 6.00. The molecule has 2 rings (SSSR count). The van der Waals surface area contributed by atoms with Crippen molar-refractivity contribution in [1.29, 1.82) is 0 Å². The number of H-pyrrole nitrogens is 1. The average molecular weight is 229 g/mol. The topological polar surface area (TPSA) is 54.7 Å². The van der Waals surface area contributed by atoms with Gasteiger partial charge in [0.05, 0.1) is 11.4 Å². The van der Waals surface area contributed by atoms with Crippen molar-refractivity contribution in [2.45, 2.75) is 32.7 Å². The molecule has 3 heteroatoms. The minimum Gasteiger partial charge on any atom is -0.323 e. The van der Waals surface area contributed by atoms with Gasteiger partial charge in [-0.25, -0.2) is 0 Å². The van der Waals surface area contributed by atoms with Gasteiger partial charge < -0.3 is 5.73 Å². The summed E-state index contributed by atoms with van der Waals surface area (Å²) < 4.78 is 0. The quantitative estimate of drug-likeness (QED) is 0.849. The molecule has 3 nitrogen and oxygen atoms in total. The molecule has 0 aliphatic heterocycles. The summed E-state index contributed by atoms with van der Waals surface area (Å²) in [6, 6.07) is 10.2. The molecule has 0 fully saturated rings. The highest BCUT2D eigenvalue weighted by molar-refractivity contribution is 5.64. The Kier molecular flexibility index (Phi) is 3.29. The highest BCUT2D eigenvalue weighted by Gasteiger charge is 2.19. The molecule has 0 radical (unpaired) electrons. The SMILES string of the molecule is CC(C)c1c(-c2ccccc2)n[nH]c1C(C)N. The molecular weight excluding hydrogens is 210 g/mol. The van der Waals surface area contributed by atoms with Crippen molar-refractivity contribution in [3.8, 4) is 11.3 Å². The third-order valence-electron chi connectivity index (χ3n) is 2.91. The number of nitrogens with zero attached hydrogens (tertiary/aromatic N) is 1. The van der Waals surface area contributed by atoms with Crippen LogP contribution >= 0.6 is 0 Å². The van der Waals surface area contributed by atoms with Crippen LogP contribution in [0.25, 0.3) is 11.3 Å². The third-order valence-corrected chi connectivity index (χ3v) is 2.91. The summed E-state index contributed by atoms with van der Waals surface area (Å²) in [6.07, 6.45) is 0. The summed E-state index contributed by atoms with van der Waals surface area (Å²) in [4.78, 5) is 0. The van der Waals surface area contributed by atoms with Gasteiger partial charge in [-0.15, -0.1) is 0 Å². The van der Waals surface area contributed by atoms with E-state index in [2.05, 4.69) is 36.2 Å². The standard InChI is InChI=1S/C14H19N3/c1-9(2)12-13(10(3)15)16-17-14(12)11-7-5-4-6-8-11/h4-10H,15H2,1-3H3,(H,16,17). The lowest BCUT2D eigenvalue weighted by molar-refractivity contribution is 0.739. The highest BCUT2D eigenvalue weighted by Crippen LogP contribution is 2.31. The van der Waals surface area contributed by atoms with Gasteiger partial charge in [0.1, 0.15) is 0 Å². The molecule has 2 aromatic rings. The minimum atomic E-state index is -0.0163. The fourth-order valence-corrected chi connectivity index (χ4v) is 2.11. The molecular formula is C14H19N3. The molecule has 0 bridgehead atoms. The van der Waals surface area contributed by atoms with Crippen LogP contribution in [-0.2, 0) is 0 Å². The van der Waals surface area contributed by atoms with E-state index in [0.717, 1.165) is 17.0 Å². The average Bonchev–Trinajstić information content (AvgIpc) is 2.74. The van der Waals surface area contributed by atoms with E-state index in [4.69, 9.17) is 5.73 Å². The predicted octanol–water partition coefficient (Wildman–Crippen LogP) is 3.22. The Morgan fingerprint density at radius 1 is 1.12 bits per heavy atom. The molecule has 0 saturated carbocycles. The molecule has 3 N–H and O–H groups in total. The zero-order chi connectivity index (χ0) is 12.4. The number of aromatic amines is 1. The summed E-state index contributed by atoms with van der Waals surface area (Å²) in [7, 11) is 0. The van der Waals surface area contributed by atoms with Crippen LogP contribution < -0.4 is 5.73 Å². The maximum Gasteiger partial charge on any atom is 0.0958 e. The second-order valence-corrected chi connectivity index (χ2v) is 4.71. The molecule has 17 heavy (non-hydrogen) atoms. The number of rotatable bonds is 3. The van der Waals surface area contributed by atoms with Crippen LogP contribution in [0.4, 0.5) is 0 Å². The summed E-state index contributed by atoms with van der Waals surface area (Å²) in [5.41, 5.74) is 10.4. The maximum absolute atomic E-state index is 5.97. The van der Waals surface area contributed by atoms with Crippen LogP contribution in [-0.4, -0.2) is 10.2 Å². The molecule has 0 spiro atoms. The van der Waals surface area contributed by atoms with Crippen molar-refractivity contribution in [3.63, 3.8) is 0 Å². The van der Waals surface area contributed by atoms with Gasteiger partial charge in [-0.1, -0.05) is 44.2 Å². The Morgan fingerprint density at radius 3 is 2.29 bits per heavy atom. The van der Waals surface area contributed by atoms with E-state index in [1.54, 1.807) is 0 Å². The van der Waals surface area contributed by atoms with Gasteiger partial charge >= 0.3 is 0 Å². The first-order chi connectivity index (χ1) is 8.11. The molecule has 90 valence electrons. The van der Waals surface area contributed by atoms with Crippen molar-refractivity contribution in [3.05, 3.63) is 41.6 Å². The Bertz CT molecular complexity index is 483. The first kappa shape index (κ1) is 11.9. The minimum absolute atomic E-state index is 0.0163. The molecule has 0 aliphatic rings. The summed E-state index contributed by atoms with van der Waals surface area (Å²) in [6.45, 7) is 6.32. The Labute approximate surface area is 102 Å². The second kappa shape index (κ2) is 4.72. The predicted molar refractivity (Wildman–Crippen MR) is 70.7 cm³/mol. The summed E-state index contributed by atoms with van der Waals surface area (Å²) in [5.74, 6) is 0.407. The van der Waals surface area contributed by atoms with E-state index in [-0.39, 0.29) is 6.04 Å². The summed E-state index contributed by atoms with van der Waals surface area (Å²) in [5, 5.41) is 7.50. The van der Waals surface area contributed by atoms with Crippen LogP contribution in [0.1, 0.15) is 44.0 Å². The molecule has 1 heterocycles. The fourth-order valence-electron chi connectivity index (χ4n) is 2.11. The molecule has 1 aromatic heterocycles. The largest absolute Gasteiger partial charge is 0.323 e. The van der Waals surface area contributed by atoms with Crippen LogP contribution in [0.15, 0.2) is 30.3 Å².